The van der Waals surface area contributed by atoms with Crippen LogP contribution < -0.4 is 5.32 Å². The quantitative estimate of drug-likeness (QED) is 0.841. The van der Waals surface area contributed by atoms with Gasteiger partial charge in [0, 0.05) is 44.8 Å². The lowest BCUT2D eigenvalue weighted by molar-refractivity contribution is 0.0737. The van der Waals surface area contributed by atoms with Gasteiger partial charge in [0.1, 0.15) is 5.82 Å². The first kappa shape index (κ1) is 12.2. The summed E-state index contributed by atoms with van der Waals surface area (Å²) in [5.41, 5.74) is 1.40. The predicted molar refractivity (Wildman–Crippen MR) is 71.7 cm³/mol. The van der Waals surface area contributed by atoms with Crippen LogP contribution in [0.15, 0.2) is 24.4 Å². The molecular formula is C14H16FN3O. The number of aromatic nitrogens is 1. The van der Waals surface area contributed by atoms with Crippen molar-refractivity contribution in [3.8, 4) is 0 Å². The number of nitrogens with zero attached hydrogens (tertiary/aromatic N) is 2. The lowest BCUT2D eigenvalue weighted by Crippen LogP contribution is -2.46. The van der Waals surface area contributed by atoms with Gasteiger partial charge in [0.15, 0.2) is 0 Å². The van der Waals surface area contributed by atoms with Gasteiger partial charge in [-0.3, -0.25) is 4.79 Å². The van der Waals surface area contributed by atoms with Crippen molar-refractivity contribution in [1.29, 1.82) is 0 Å². The molecule has 0 unspecified atom stereocenters. The zero-order valence-corrected chi connectivity index (χ0v) is 10.8. The molecule has 1 aliphatic rings. The van der Waals surface area contributed by atoms with Gasteiger partial charge in [-0.1, -0.05) is 0 Å². The van der Waals surface area contributed by atoms with Crippen molar-refractivity contribution in [2.24, 2.45) is 7.05 Å². The minimum absolute atomic E-state index is 0.0266. The fraction of sp³-hybridized carbons (Fsp3) is 0.357. The van der Waals surface area contributed by atoms with Crippen LogP contribution in [0.1, 0.15) is 10.4 Å². The molecule has 1 saturated heterocycles. The van der Waals surface area contributed by atoms with Crippen LogP contribution in [-0.2, 0) is 7.05 Å². The maximum absolute atomic E-state index is 13.3. The number of nitrogens with one attached hydrogen (secondary N) is 1. The largest absolute Gasteiger partial charge is 0.350 e. The second-order valence-electron chi connectivity index (χ2n) is 4.86. The van der Waals surface area contributed by atoms with E-state index < -0.39 is 0 Å². The Hall–Kier alpha value is -1.88. The Morgan fingerprint density at radius 2 is 2.05 bits per heavy atom. The van der Waals surface area contributed by atoms with Gasteiger partial charge in [-0.05, 0) is 18.2 Å². The summed E-state index contributed by atoms with van der Waals surface area (Å²) in [6, 6.07) is 4.54. The summed E-state index contributed by atoms with van der Waals surface area (Å²) < 4.78 is 15.1. The molecule has 0 atom stereocenters. The standard InChI is InChI=1S/C14H16FN3O/c1-17-9-12(11-3-2-10(15)8-13(11)17)14(19)18-6-4-16-5-7-18/h2-3,8-9,16H,4-7H2,1H3. The zero-order chi connectivity index (χ0) is 13.4. The van der Waals surface area contributed by atoms with Crippen molar-refractivity contribution in [2.45, 2.75) is 0 Å². The number of piperazine rings is 1. The highest BCUT2D eigenvalue weighted by atomic mass is 19.1. The van der Waals surface area contributed by atoms with Crippen LogP contribution in [-0.4, -0.2) is 41.6 Å². The average Bonchev–Trinajstić information content (AvgIpc) is 2.76. The predicted octanol–water partition coefficient (Wildman–Crippen LogP) is 1.36. The Morgan fingerprint density at radius 3 is 2.79 bits per heavy atom. The molecule has 3 rings (SSSR count). The number of carbonyl (C=O) groups is 1. The Bertz CT molecular complexity index is 629. The SMILES string of the molecule is Cn1cc(C(=O)N2CCNCC2)c2ccc(F)cc21. The highest BCUT2D eigenvalue weighted by Crippen LogP contribution is 2.23. The Balaban J connectivity index is 2.02. The summed E-state index contributed by atoms with van der Waals surface area (Å²) >= 11 is 0. The van der Waals surface area contributed by atoms with E-state index >= 15 is 0 Å². The molecule has 0 aliphatic carbocycles. The second-order valence-corrected chi connectivity index (χ2v) is 4.86. The van der Waals surface area contributed by atoms with Crippen molar-refractivity contribution in [3.63, 3.8) is 0 Å². The van der Waals surface area contributed by atoms with E-state index in [1.807, 2.05) is 11.9 Å². The van der Waals surface area contributed by atoms with Crippen molar-refractivity contribution < 1.29 is 9.18 Å². The van der Waals surface area contributed by atoms with Crippen molar-refractivity contribution in [1.82, 2.24) is 14.8 Å². The summed E-state index contributed by atoms with van der Waals surface area (Å²) in [6.07, 6.45) is 1.79. The van der Waals surface area contributed by atoms with E-state index in [9.17, 15) is 9.18 Å². The van der Waals surface area contributed by atoms with Gasteiger partial charge in [-0.25, -0.2) is 4.39 Å². The molecule has 4 nitrogen and oxygen atoms in total. The van der Waals surface area contributed by atoms with Crippen LogP contribution in [0.2, 0.25) is 0 Å². The molecular weight excluding hydrogens is 245 g/mol. The first-order valence-electron chi connectivity index (χ1n) is 6.41. The summed E-state index contributed by atoms with van der Waals surface area (Å²) in [5.74, 6) is -0.256. The third-order valence-corrected chi connectivity index (χ3v) is 3.59. The lowest BCUT2D eigenvalue weighted by Gasteiger charge is -2.27. The topological polar surface area (TPSA) is 37.3 Å². The smallest absolute Gasteiger partial charge is 0.256 e. The Labute approximate surface area is 110 Å². The normalized spacial score (nSPS) is 16.0. The second kappa shape index (κ2) is 4.66. The van der Waals surface area contributed by atoms with Crippen LogP contribution in [0.3, 0.4) is 0 Å². The molecule has 1 N–H and O–H groups in total. The number of fused-ring (bicyclic) bond motifs is 1. The highest BCUT2D eigenvalue weighted by Gasteiger charge is 2.21. The number of carbonyl (C=O) groups excluding carboxylic acids is 1. The Morgan fingerprint density at radius 1 is 1.32 bits per heavy atom. The molecule has 1 aromatic carbocycles. The minimum Gasteiger partial charge on any atom is -0.350 e. The van der Waals surface area contributed by atoms with Gasteiger partial charge in [0.2, 0.25) is 0 Å². The first-order valence-corrected chi connectivity index (χ1v) is 6.41. The van der Waals surface area contributed by atoms with Gasteiger partial charge in [0.05, 0.1) is 11.1 Å². The molecule has 1 amide bonds. The first-order chi connectivity index (χ1) is 9.16. The molecule has 0 bridgehead atoms. The summed E-state index contributed by atoms with van der Waals surface area (Å²) in [4.78, 5) is 14.3. The number of benzene rings is 1. The maximum Gasteiger partial charge on any atom is 0.256 e. The number of amides is 1. The number of hydrogen-bond donors (Lipinski definition) is 1. The third kappa shape index (κ3) is 2.10. The zero-order valence-electron chi connectivity index (χ0n) is 10.8. The van der Waals surface area contributed by atoms with Crippen molar-refractivity contribution in [3.05, 3.63) is 35.8 Å². The van der Waals surface area contributed by atoms with Crippen molar-refractivity contribution in [2.75, 3.05) is 26.2 Å². The lowest BCUT2D eigenvalue weighted by atomic mass is 10.1. The van der Waals surface area contributed by atoms with Crippen LogP contribution in [0.5, 0.6) is 0 Å². The van der Waals surface area contributed by atoms with Gasteiger partial charge in [-0.15, -0.1) is 0 Å². The van der Waals surface area contributed by atoms with E-state index in [1.165, 1.54) is 12.1 Å². The number of aryl methyl sites for hydroxylation is 1. The van der Waals surface area contributed by atoms with Crippen molar-refractivity contribution >= 4 is 16.8 Å². The van der Waals surface area contributed by atoms with Crippen LogP contribution in [0.25, 0.3) is 10.9 Å². The molecule has 1 aromatic heterocycles. The molecule has 0 saturated carbocycles. The molecule has 2 heterocycles. The maximum atomic E-state index is 13.3. The van der Waals surface area contributed by atoms with Crippen LogP contribution in [0, 0.1) is 5.82 Å². The molecule has 100 valence electrons. The van der Waals surface area contributed by atoms with E-state index in [1.54, 1.807) is 16.8 Å². The average molecular weight is 261 g/mol. The molecule has 2 aromatic rings. The molecule has 1 aliphatic heterocycles. The minimum atomic E-state index is -0.283. The van der Waals surface area contributed by atoms with Gasteiger partial charge >= 0.3 is 0 Å². The van der Waals surface area contributed by atoms with Gasteiger partial charge < -0.3 is 14.8 Å². The van der Waals surface area contributed by atoms with E-state index in [0.717, 1.165) is 37.1 Å². The summed E-state index contributed by atoms with van der Waals surface area (Å²) in [5, 5.41) is 4.03. The summed E-state index contributed by atoms with van der Waals surface area (Å²) in [6.45, 7) is 3.09. The third-order valence-electron chi connectivity index (χ3n) is 3.59. The van der Waals surface area contributed by atoms with E-state index in [0.29, 0.717) is 5.56 Å². The van der Waals surface area contributed by atoms with E-state index in [2.05, 4.69) is 5.32 Å². The fourth-order valence-electron chi connectivity index (χ4n) is 2.57. The number of hydrogen-bond acceptors (Lipinski definition) is 2. The van der Waals surface area contributed by atoms with E-state index in [4.69, 9.17) is 0 Å². The monoisotopic (exact) mass is 261 g/mol. The van der Waals surface area contributed by atoms with Crippen LogP contribution >= 0.6 is 0 Å². The number of rotatable bonds is 1. The van der Waals surface area contributed by atoms with Gasteiger partial charge in [0.25, 0.3) is 5.91 Å². The highest BCUT2D eigenvalue weighted by molar-refractivity contribution is 6.07. The molecule has 0 spiro atoms. The molecule has 5 heteroatoms. The molecule has 0 radical (unpaired) electrons. The fourth-order valence-corrected chi connectivity index (χ4v) is 2.57. The summed E-state index contributed by atoms with van der Waals surface area (Å²) in [7, 11) is 1.83. The van der Waals surface area contributed by atoms with Gasteiger partial charge in [-0.2, -0.15) is 0 Å². The molecule has 1 fully saturated rings. The number of halogens is 1. The Kier molecular flexibility index (Phi) is 2.98. The molecule has 19 heavy (non-hydrogen) atoms. The van der Waals surface area contributed by atoms with Crippen LogP contribution in [0.4, 0.5) is 4.39 Å². The van der Waals surface area contributed by atoms with E-state index in [-0.39, 0.29) is 11.7 Å².